The summed E-state index contributed by atoms with van der Waals surface area (Å²) >= 11 is 0. The van der Waals surface area contributed by atoms with Crippen molar-refractivity contribution in [1.29, 1.82) is 0 Å². The predicted molar refractivity (Wildman–Crippen MR) is 90.9 cm³/mol. The SMILES string of the molecule is COC(=O)C1(C)CCC(=O)C(C)=C1C=CC(C)=CCCC(C)O. The molecule has 0 saturated heterocycles. The second-order valence-electron chi connectivity index (χ2n) is 6.49. The van der Waals surface area contributed by atoms with E-state index in [4.69, 9.17) is 4.74 Å². The van der Waals surface area contributed by atoms with Gasteiger partial charge >= 0.3 is 5.97 Å². The van der Waals surface area contributed by atoms with Crippen molar-refractivity contribution in [2.75, 3.05) is 7.11 Å². The first-order valence-corrected chi connectivity index (χ1v) is 8.08. The Labute approximate surface area is 138 Å². The number of ketones is 1. The van der Waals surface area contributed by atoms with E-state index in [0.717, 1.165) is 17.6 Å². The normalized spacial score (nSPS) is 24.3. The number of aliphatic hydroxyl groups excluding tert-OH is 1. The number of hydrogen-bond acceptors (Lipinski definition) is 4. The smallest absolute Gasteiger partial charge is 0.316 e. The number of aliphatic hydroxyl groups is 1. The molecule has 1 N–H and O–H groups in total. The lowest BCUT2D eigenvalue weighted by atomic mass is 9.70. The minimum atomic E-state index is -0.775. The number of methoxy groups -OCH3 is 1. The lowest BCUT2D eigenvalue weighted by molar-refractivity contribution is -0.150. The third-order valence-corrected chi connectivity index (χ3v) is 4.47. The summed E-state index contributed by atoms with van der Waals surface area (Å²) in [7, 11) is 1.38. The van der Waals surface area contributed by atoms with Gasteiger partial charge in [0.1, 0.15) is 0 Å². The number of carbonyl (C=O) groups is 2. The maximum Gasteiger partial charge on any atom is 0.316 e. The van der Waals surface area contributed by atoms with Crippen LogP contribution in [0.1, 0.15) is 53.4 Å². The van der Waals surface area contributed by atoms with Crippen molar-refractivity contribution in [2.45, 2.75) is 59.5 Å². The molecule has 2 unspecified atom stereocenters. The molecule has 1 aliphatic carbocycles. The largest absolute Gasteiger partial charge is 0.468 e. The van der Waals surface area contributed by atoms with E-state index in [-0.39, 0.29) is 17.9 Å². The van der Waals surface area contributed by atoms with Crippen LogP contribution in [0.15, 0.2) is 34.9 Å². The van der Waals surface area contributed by atoms with Crippen molar-refractivity contribution in [3.63, 3.8) is 0 Å². The average molecular weight is 320 g/mol. The highest BCUT2D eigenvalue weighted by molar-refractivity contribution is 6.00. The van der Waals surface area contributed by atoms with E-state index in [1.54, 1.807) is 13.8 Å². The quantitative estimate of drug-likeness (QED) is 0.601. The van der Waals surface area contributed by atoms with Gasteiger partial charge in [0.15, 0.2) is 5.78 Å². The molecule has 2 atom stereocenters. The number of rotatable bonds is 6. The molecular formula is C19H28O4. The zero-order valence-corrected chi connectivity index (χ0v) is 14.8. The van der Waals surface area contributed by atoms with Gasteiger partial charge in [-0.3, -0.25) is 9.59 Å². The second kappa shape index (κ2) is 8.25. The molecule has 0 amide bonds. The third kappa shape index (κ3) is 4.90. The molecule has 0 fully saturated rings. The van der Waals surface area contributed by atoms with Crippen LogP contribution in [-0.4, -0.2) is 30.1 Å². The summed E-state index contributed by atoms with van der Waals surface area (Å²) in [6.45, 7) is 7.34. The highest BCUT2D eigenvalue weighted by Crippen LogP contribution is 2.41. The van der Waals surface area contributed by atoms with Gasteiger partial charge in [-0.1, -0.05) is 23.8 Å². The van der Waals surface area contributed by atoms with Gasteiger partial charge < -0.3 is 9.84 Å². The van der Waals surface area contributed by atoms with E-state index < -0.39 is 5.41 Å². The molecule has 0 aromatic rings. The number of ether oxygens (including phenoxy) is 1. The van der Waals surface area contributed by atoms with Crippen LogP contribution in [0.25, 0.3) is 0 Å². The van der Waals surface area contributed by atoms with Crippen LogP contribution < -0.4 is 0 Å². The molecule has 0 saturated carbocycles. The van der Waals surface area contributed by atoms with Gasteiger partial charge in [0, 0.05) is 6.42 Å². The third-order valence-electron chi connectivity index (χ3n) is 4.47. The molecular weight excluding hydrogens is 292 g/mol. The predicted octanol–water partition coefficient (Wildman–Crippen LogP) is 3.51. The zero-order chi connectivity index (χ0) is 17.6. The molecule has 23 heavy (non-hydrogen) atoms. The molecule has 0 aliphatic heterocycles. The summed E-state index contributed by atoms with van der Waals surface area (Å²) < 4.78 is 4.94. The van der Waals surface area contributed by atoms with Crippen LogP contribution >= 0.6 is 0 Å². The molecule has 0 bridgehead atoms. The Morgan fingerprint density at radius 2 is 2.13 bits per heavy atom. The number of Topliss-reactive ketones (excluding diaryl/α,β-unsaturated/α-hetero) is 1. The lowest BCUT2D eigenvalue weighted by Crippen LogP contribution is -2.35. The van der Waals surface area contributed by atoms with Crippen LogP contribution in [0.3, 0.4) is 0 Å². The fourth-order valence-electron chi connectivity index (χ4n) is 2.83. The second-order valence-corrected chi connectivity index (χ2v) is 6.49. The topological polar surface area (TPSA) is 63.6 Å². The highest BCUT2D eigenvalue weighted by Gasteiger charge is 2.42. The lowest BCUT2D eigenvalue weighted by Gasteiger charge is -2.33. The van der Waals surface area contributed by atoms with Crippen LogP contribution in [0.5, 0.6) is 0 Å². The first kappa shape index (κ1) is 19.4. The maximum atomic E-state index is 12.2. The van der Waals surface area contributed by atoms with E-state index in [2.05, 4.69) is 0 Å². The van der Waals surface area contributed by atoms with Gasteiger partial charge in [-0.25, -0.2) is 0 Å². The average Bonchev–Trinajstić information content (AvgIpc) is 2.50. The number of allylic oxidation sites excluding steroid dienone is 5. The summed E-state index contributed by atoms with van der Waals surface area (Å²) in [6.07, 6.45) is 7.85. The minimum absolute atomic E-state index is 0.0850. The molecule has 4 heteroatoms. The Hall–Kier alpha value is -1.68. The summed E-state index contributed by atoms with van der Waals surface area (Å²) in [5.41, 5.74) is 1.64. The highest BCUT2D eigenvalue weighted by atomic mass is 16.5. The number of hydrogen-bond donors (Lipinski definition) is 1. The molecule has 4 nitrogen and oxygen atoms in total. The maximum absolute atomic E-state index is 12.2. The van der Waals surface area contributed by atoms with Gasteiger partial charge in [-0.05, 0) is 58.1 Å². The first-order valence-electron chi connectivity index (χ1n) is 8.08. The monoisotopic (exact) mass is 320 g/mol. The van der Waals surface area contributed by atoms with Crippen molar-refractivity contribution in [3.05, 3.63) is 34.9 Å². The van der Waals surface area contributed by atoms with Crippen molar-refractivity contribution in [3.8, 4) is 0 Å². The van der Waals surface area contributed by atoms with E-state index in [0.29, 0.717) is 24.8 Å². The van der Waals surface area contributed by atoms with Crippen molar-refractivity contribution >= 4 is 11.8 Å². The van der Waals surface area contributed by atoms with Crippen LogP contribution in [0.4, 0.5) is 0 Å². The number of esters is 1. The van der Waals surface area contributed by atoms with Gasteiger partial charge in [0.05, 0.1) is 18.6 Å². The minimum Gasteiger partial charge on any atom is -0.468 e. The van der Waals surface area contributed by atoms with E-state index in [1.165, 1.54) is 7.11 Å². The summed E-state index contributed by atoms with van der Waals surface area (Å²) in [5.74, 6) is -0.221. The Morgan fingerprint density at radius 1 is 1.48 bits per heavy atom. The van der Waals surface area contributed by atoms with Crippen LogP contribution in [-0.2, 0) is 14.3 Å². The Morgan fingerprint density at radius 3 is 2.70 bits per heavy atom. The molecule has 0 spiro atoms. The van der Waals surface area contributed by atoms with Crippen molar-refractivity contribution < 1.29 is 19.4 Å². The molecule has 1 aliphatic rings. The van der Waals surface area contributed by atoms with Gasteiger partial charge in [0.2, 0.25) is 0 Å². The van der Waals surface area contributed by atoms with E-state index >= 15 is 0 Å². The summed E-state index contributed by atoms with van der Waals surface area (Å²) in [6, 6.07) is 0. The van der Waals surface area contributed by atoms with E-state index in [1.807, 2.05) is 32.1 Å². The first-order chi connectivity index (χ1) is 10.7. The van der Waals surface area contributed by atoms with Gasteiger partial charge in [0.25, 0.3) is 0 Å². The van der Waals surface area contributed by atoms with Gasteiger partial charge in [-0.15, -0.1) is 0 Å². The summed E-state index contributed by atoms with van der Waals surface area (Å²) in [5, 5.41) is 9.28. The van der Waals surface area contributed by atoms with Gasteiger partial charge in [-0.2, -0.15) is 0 Å². The Balaban J connectivity index is 3.04. The fraction of sp³-hybridized carbons (Fsp3) is 0.579. The molecule has 1 rings (SSSR count). The van der Waals surface area contributed by atoms with Crippen molar-refractivity contribution in [2.24, 2.45) is 5.41 Å². The number of carbonyl (C=O) groups excluding carboxylic acids is 2. The molecule has 0 aromatic heterocycles. The standard InChI is InChI=1S/C19H28O4/c1-13(7-6-8-14(2)20)9-10-16-15(3)17(21)11-12-19(16,4)18(22)23-5/h7,9-10,14,20H,6,8,11-12H2,1-5H3. The Kier molecular flexibility index (Phi) is 6.95. The Bertz CT molecular complexity index is 552. The fourth-order valence-corrected chi connectivity index (χ4v) is 2.83. The molecule has 0 aromatic carbocycles. The summed E-state index contributed by atoms with van der Waals surface area (Å²) in [4.78, 5) is 24.2. The zero-order valence-electron chi connectivity index (χ0n) is 14.8. The van der Waals surface area contributed by atoms with Crippen molar-refractivity contribution in [1.82, 2.24) is 0 Å². The van der Waals surface area contributed by atoms with E-state index in [9.17, 15) is 14.7 Å². The van der Waals surface area contributed by atoms with Crippen LogP contribution in [0, 0.1) is 5.41 Å². The van der Waals surface area contributed by atoms with Crippen LogP contribution in [0.2, 0.25) is 0 Å². The molecule has 0 radical (unpaired) electrons. The molecule has 0 heterocycles. The molecule has 128 valence electrons.